The molecule has 68 valence electrons. The highest BCUT2D eigenvalue weighted by Crippen LogP contribution is 2.44. The van der Waals surface area contributed by atoms with Crippen molar-refractivity contribution < 1.29 is 4.74 Å². The van der Waals surface area contributed by atoms with Crippen molar-refractivity contribution in [1.29, 1.82) is 0 Å². The molecule has 2 aliphatic rings. The smallest absolute Gasteiger partial charge is 0.0665 e. The quantitative estimate of drug-likeness (QED) is 0.544. The molecule has 2 rings (SSSR count). The van der Waals surface area contributed by atoms with E-state index in [0.29, 0.717) is 6.10 Å². The molecule has 2 bridgehead atoms. The minimum Gasteiger partial charge on any atom is -0.381 e. The monoisotopic (exact) mass is 166 g/mol. The maximum Gasteiger partial charge on any atom is 0.0665 e. The fourth-order valence-corrected chi connectivity index (χ4v) is 2.41. The Bertz CT molecular complexity index is 174. The fourth-order valence-electron chi connectivity index (χ4n) is 2.41. The van der Waals surface area contributed by atoms with Gasteiger partial charge in [-0.1, -0.05) is 19.1 Å². The second kappa shape index (κ2) is 3.90. The maximum atomic E-state index is 5.41. The van der Waals surface area contributed by atoms with Crippen molar-refractivity contribution in [2.45, 2.75) is 19.4 Å². The average molecular weight is 166 g/mol. The van der Waals surface area contributed by atoms with Gasteiger partial charge in [-0.05, 0) is 18.3 Å². The second-order valence-corrected chi connectivity index (χ2v) is 3.51. The van der Waals surface area contributed by atoms with Crippen LogP contribution in [-0.2, 0) is 4.74 Å². The first-order chi connectivity index (χ1) is 5.83. The lowest BCUT2D eigenvalue weighted by molar-refractivity contribution is 0.0490. The Morgan fingerprint density at radius 3 is 2.17 bits per heavy atom. The van der Waals surface area contributed by atoms with Crippen LogP contribution in [0.15, 0.2) is 25.3 Å². The van der Waals surface area contributed by atoms with Gasteiger partial charge < -0.3 is 4.74 Å². The van der Waals surface area contributed by atoms with Gasteiger partial charge in [0, 0.05) is 13.0 Å². The highest BCUT2D eigenvalue weighted by atomic mass is 16.5. The number of hydrogen-bond donors (Lipinski definition) is 0. The number of allylic oxidation sites excluding steroid dienone is 1. The lowest BCUT2D eigenvalue weighted by Crippen LogP contribution is -2.24. The van der Waals surface area contributed by atoms with E-state index in [1.807, 2.05) is 7.11 Å². The first-order valence-corrected chi connectivity index (χ1v) is 4.54. The summed E-state index contributed by atoms with van der Waals surface area (Å²) in [5.74, 6) is 2.29. The molecule has 0 saturated heterocycles. The van der Waals surface area contributed by atoms with Gasteiger partial charge in [-0.25, -0.2) is 0 Å². The number of ether oxygens (including phenoxy) is 1. The Hall–Kier alpha value is -0.560. The van der Waals surface area contributed by atoms with Gasteiger partial charge in [0.1, 0.15) is 0 Å². The molecule has 0 aromatic carbocycles. The van der Waals surface area contributed by atoms with Gasteiger partial charge in [-0.15, -0.1) is 13.2 Å². The molecule has 0 aliphatic heterocycles. The normalized spacial score (nSPS) is 42.5. The van der Waals surface area contributed by atoms with E-state index in [9.17, 15) is 0 Å². The van der Waals surface area contributed by atoms with Crippen molar-refractivity contribution in [2.75, 3.05) is 7.11 Å². The second-order valence-electron chi connectivity index (χ2n) is 3.51. The first-order valence-electron chi connectivity index (χ1n) is 4.54. The van der Waals surface area contributed by atoms with Crippen LogP contribution in [0.3, 0.4) is 0 Å². The molecule has 0 heterocycles. The van der Waals surface area contributed by atoms with Crippen molar-refractivity contribution in [3.8, 4) is 0 Å². The van der Waals surface area contributed by atoms with Crippen LogP contribution in [0.5, 0.6) is 0 Å². The van der Waals surface area contributed by atoms with Gasteiger partial charge in [0.25, 0.3) is 0 Å². The van der Waals surface area contributed by atoms with Gasteiger partial charge >= 0.3 is 0 Å². The standard InChI is InChI=1S/C9H14O.C2H4/c1-6-7-3-4-8(5-7)9(6)10-2;1-2/h3-4,6-9H,5H2,1-2H3;1-2H2. The fraction of sp³-hybridized carbons (Fsp3) is 0.636. The Kier molecular flexibility index (Phi) is 3.10. The summed E-state index contributed by atoms with van der Waals surface area (Å²) >= 11 is 0. The summed E-state index contributed by atoms with van der Waals surface area (Å²) in [6.45, 7) is 8.29. The van der Waals surface area contributed by atoms with Gasteiger partial charge in [-0.3, -0.25) is 0 Å². The van der Waals surface area contributed by atoms with Gasteiger partial charge in [0.15, 0.2) is 0 Å². The molecule has 1 fully saturated rings. The average Bonchev–Trinajstić information content (AvgIpc) is 2.68. The van der Waals surface area contributed by atoms with E-state index in [-0.39, 0.29) is 0 Å². The number of fused-ring (bicyclic) bond motifs is 2. The molecule has 0 N–H and O–H groups in total. The summed E-state index contributed by atoms with van der Waals surface area (Å²) in [5, 5.41) is 0. The molecule has 1 heteroatoms. The number of methoxy groups -OCH3 is 1. The van der Waals surface area contributed by atoms with Crippen LogP contribution < -0.4 is 0 Å². The van der Waals surface area contributed by atoms with Gasteiger partial charge in [-0.2, -0.15) is 0 Å². The minimum atomic E-state index is 0.509. The Balaban J connectivity index is 0.000000336. The van der Waals surface area contributed by atoms with Crippen molar-refractivity contribution in [1.82, 2.24) is 0 Å². The van der Waals surface area contributed by atoms with Crippen LogP contribution >= 0.6 is 0 Å². The molecule has 0 spiro atoms. The highest BCUT2D eigenvalue weighted by molar-refractivity contribution is 5.13. The van der Waals surface area contributed by atoms with Crippen LogP contribution in [0.2, 0.25) is 0 Å². The lowest BCUT2D eigenvalue weighted by Gasteiger charge is -2.22. The first kappa shape index (κ1) is 9.53. The Labute approximate surface area is 75.1 Å². The predicted molar refractivity (Wildman–Crippen MR) is 52.0 cm³/mol. The summed E-state index contributed by atoms with van der Waals surface area (Å²) in [6.07, 6.45) is 6.51. The molecule has 12 heavy (non-hydrogen) atoms. The summed E-state index contributed by atoms with van der Waals surface area (Å²) in [6, 6.07) is 0. The third-order valence-electron chi connectivity index (χ3n) is 3.04. The molecule has 0 radical (unpaired) electrons. The molecule has 1 nitrogen and oxygen atoms in total. The molecule has 2 aliphatic carbocycles. The van der Waals surface area contributed by atoms with E-state index in [4.69, 9.17) is 4.74 Å². The third-order valence-corrected chi connectivity index (χ3v) is 3.04. The molecule has 0 aromatic heterocycles. The van der Waals surface area contributed by atoms with E-state index in [1.54, 1.807) is 0 Å². The van der Waals surface area contributed by atoms with E-state index in [1.165, 1.54) is 6.42 Å². The SMILES string of the molecule is C=C.COC1C2C=CC(C2)C1C. The molecule has 0 amide bonds. The molecule has 4 unspecified atom stereocenters. The maximum absolute atomic E-state index is 5.41. The zero-order valence-electron chi connectivity index (χ0n) is 7.99. The van der Waals surface area contributed by atoms with E-state index in [0.717, 1.165) is 17.8 Å². The molecular formula is C11H18O. The summed E-state index contributed by atoms with van der Waals surface area (Å²) in [7, 11) is 1.83. The lowest BCUT2D eigenvalue weighted by atomic mass is 9.93. The Morgan fingerprint density at radius 2 is 1.83 bits per heavy atom. The van der Waals surface area contributed by atoms with E-state index in [2.05, 4.69) is 32.2 Å². The molecular weight excluding hydrogens is 148 g/mol. The highest BCUT2D eigenvalue weighted by Gasteiger charge is 2.41. The number of rotatable bonds is 1. The van der Waals surface area contributed by atoms with Crippen molar-refractivity contribution in [3.63, 3.8) is 0 Å². The van der Waals surface area contributed by atoms with Crippen LogP contribution in [0.1, 0.15) is 13.3 Å². The van der Waals surface area contributed by atoms with Gasteiger partial charge in [0.05, 0.1) is 6.10 Å². The van der Waals surface area contributed by atoms with E-state index >= 15 is 0 Å². The van der Waals surface area contributed by atoms with Crippen LogP contribution in [0.25, 0.3) is 0 Å². The molecule has 1 saturated carbocycles. The minimum absolute atomic E-state index is 0.509. The predicted octanol–water partition coefficient (Wildman–Crippen LogP) is 2.65. The number of hydrogen-bond acceptors (Lipinski definition) is 1. The molecule has 0 aromatic rings. The summed E-state index contributed by atoms with van der Waals surface area (Å²) in [4.78, 5) is 0. The van der Waals surface area contributed by atoms with Crippen molar-refractivity contribution >= 4 is 0 Å². The zero-order chi connectivity index (χ0) is 9.14. The largest absolute Gasteiger partial charge is 0.381 e. The molecule has 4 atom stereocenters. The van der Waals surface area contributed by atoms with Crippen LogP contribution in [-0.4, -0.2) is 13.2 Å². The zero-order valence-corrected chi connectivity index (χ0v) is 7.99. The van der Waals surface area contributed by atoms with E-state index < -0.39 is 0 Å². The van der Waals surface area contributed by atoms with Crippen LogP contribution in [0.4, 0.5) is 0 Å². The van der Waals surface area contributed by atoms with Crippen molar-refractivity contribution in [3.05, 3.63) is 25.3 Å². The topological polar surface area (TPSA) is 9.23 Å². The van der Waals surface area contributed by atoms with Crippen molar-refractivity contribution in [2.24, 2.45) is 17.8 Å². The van der Waals surface area contributed by atoms with Crippen LogP contribution in [0, 0.1) is 17.8 Å². The van der Waals surface area contributed by atoms with Gasteiger partial charge in [0.2, 0.25) is 0 Å². The Morgan fingerprint density at radius 1 is 1.25 bits per heavy atom. The third kappa shape index (κ3) is 1.34. The summed E-state index contributed by atoms with van der Waals surface area (Å²) in [5.41, 5.74) is 0. The summed E-state index contributed by atoms with van der Waals surface area (Å²) < 4.78 is 5.41.